The lowest BCUT2D eigenvalue weighted by Crippen LogP contribution is -2.20. The van der Waals surface area contributed by atoms with Gasteiger partial charge in [0.05, 0.1) is 16.1 Å². The van der Waals surface area contributed by atoms with E-state index in [0.29, 0.717) is 15.6 Å². The molecule has 1 aromatic carbocycles. The zero-order chi connectivity index (χ0) is 11.0. The highest BCUT2D eigenvalue weighted by Crippen LogP contribution is 2.38. The molecule has 2 nitrogen and oxygen atoms in total. The van der Waals surface area contributed by atoms with Crippen molar-refractivity contribution in [3.63, 3.8) is 0 Å². The standard InChI is InChI=1S/C11H12Cl2O2/c12-8-4-3-7(5-9(8)13)11(15)10(14)6-1-2-6/h3-6,10-11,14-15H,1-2H2. The van der Waals surface area contributed by atoms with E-state index in [4.69, 9.17) is 23.2 Å². The molecule has 15 heavy (non-hydrogen) atoms. The molecule has 0 heterocycles. The predicted octanol–water partition coefficient (Wildman–Crippen LogP) is 2.80. The highest BCUT2D eigenvalue weighted by Gasteiger charge is 2.35. The summed E-state index contributed by atoms with van der Waals surface area (Å²) in [5.41, 5.74) is 0.615. The second-order valence-corrected chi connectivity index (χ2v) is 4.76. The number of benzene rings is 1. The Kier molecular flexibility index (Phi) is 3.21. The molecule has 0 spiro atoms. The number of hydrogen-bond acceptors (Lipinski definition) is 2. The van der Waals surface area contributed by atoms with Crippen molar-refractivity contribution in [2.24, 2.45) is 5.92 Å². The first-order valence-corrected chi connectivity index (χ1v) is 5.66. The Bertz CT molecular complexity index is 364. The minimum atomic E-state index is -0.868. The molecule has 4 heteroatoms. The smallest absolute Gasteiger partial charge is 0.105 e. The first kappa shape index (κ1) is 11.2. The van der Waals surface area contributed by atoms with Crippen LogP contribution in [0.3, 0.4) is 0 Å². The molecule has 2 atom stereocenters. The monoisotopic (exact) mass is 246 g/mol. The van der Waals surface area contributed by atoms with E-state index in [9.17, 15) is 10.2 Å². The third-order valence-electron chi connectivity index (χ3n) is 2.71. The summed E-state index contributed by atoms with van der Waals surface area (Å²) in [4.78, 5) is 0. The van der Waals surface area contributed by atoms with E-state index >= 15 is 0 Å². The van der Waals surface area contributed by atoms with Crippen LogP contribution in [0.4, 0.5) is 0 Å². The predicted molar refractivity (Wildman–Crippen MR) is 60.2 cm³/mol. The second kappa shape index (κ2) is 4.30. The zero-order valence-corrected chi connectivity index (χ0v) is 9.54. The van der Waals surface area contributed by atoms with Gasteiger partial charge in [-0.05, 0) is 36.5 Å². The second-order valence-electron chi connectivity index (χ2n) is 3.95. The molecule has 2 unspecified atom stereocenters. The lowest BCUT2D eigenvalue weighted by atomic mass is 10.0. The normalized spacial score (nSPS) is 20.0. The third kappa shape index (κ3) is 2.45. The van der Waals surface area contributed by atoms with Gasteiger partial charge in [0, 0.05) is 0 Å². The maximum Gasteiger partial charge on any atom is 0.105 e. The fourth-order valence-corrected chi connectivity index (χ4v) is 1.90. The molecule has 0 amide bonds. The van der Waals surface area contributed by atoms with Crippen LogP contribution in [0.25, 0.3) is 0 Å². The number of halogens is 2. The Morgan fingerprint density at radius 2 is 1.80 bits per heavy atom. The van der Waals surface area contributed by atoms with E-state index in [0.717, 1.165) is 12.8 Å². The fourth-order valence-electron chi connectivity index (χ4n) is 1.59. The molecule has 0 bridgehead atoms. The van der Waals surface area contributed by atoms with Gasteiger partial charge in [0.25, 0.3) is 0 Å². The van der Waals surface area contributed by atoms with E-state index in [1.165, 1.54) is 0 Å². The Morgan fingerprint density at radius 1 is 1.13 bits per heavy atom. The summed E-state index contributed by atoms with van der Waals surface area (Å²) in [6, 6.07) is 4.91. The lowest BCUT2D eigenvalue weighted by molar-refractivity contribution is 0.00485. The number of aliphatic hydroxyl groups is 2. The average Bonchev–Trinajstić information content (AvgIpc) is 3.03. The molecular formula is C11H12Cl2O2. The molecule has 82 valence electrons. The first-order valence-electron chi connectivity index (χ1n) is 4.90. The molecule has 0 radical (unpaired) electrons. The van der Waals surface area contributed by atoms with Crippen LogP contribution in [0.2, 0.25) is 10.0 Å². The minimum Gasteiger partial charge on any atom is -0.390 e. The average molecular weight is 247 g/mol. The van der Waals surface area contributed by atoms with Crippen molar-refractivity contribution in [1.82, 2.24) is 0 Å². The Hall–Kier alpha value is -0.280. The molecule has 2 rings (SSSR count). The van der Waals surface area contributed by atoms with Crippen molar-refractivity contribution < 1.29 is 10.2 Å². The van der Waals surface area contributed by atoms with E-state index in [1.54, 1.807) is 18.2 Å². The molecular weight excluding hydrogens is 235 g/mol. The molecule has 1 aromatic rings. The maximum atomic E-state index is 9.86. The summed E-state index contributed by atoms with van der Waals surface area (Å²) in [7, 11) is 0. The van der Waals surface area contributed by atoms with Crippen molar-refractivity contribution >= 4 is 23.2 Å². The van der Waals surface area contributed by atoms with Crippen LogP contribution in [0, 0.1) is 5.92 Å². The third-order valence-corrected chi connectivity index (χ3v) is 3.45. The van der Waals surface area contributed by atoms with Gasteiger partial charge in [-0.3, -0.25) is 0 Å². The summed E-state index contributed by atoms with van der Waals surface area (Å²) in [6.45, 7) is 0. The van der Waals surface area contributed by atoms with Gasteiger partial charge in [-0.2, -0.15) is 0 Å². The Morgan fingerprint density at radius 3 is 2.33 bits per heavy atom. The van der Waals surface area contributed by atoms with Crippen molar-refractivity contribution in [1.29, 1.82) is 0 Å². The summed E-state index contributed by atoms with van der Waals surface area (Å²) >= 11 is 11.6. The van der Waals surface area contributed by atoms with Crippen LogP contribution in [0.1, 0.15) is 24.5 Å². The molecule has 0 aliphatic heterocycles. The molecule has 1 saturated carbocycles. The van der Waals surface area contributed by atoms with Crippen molar-refractivity contribution in [2.45, 2.75) is 25.0 Å². The van der Waals surface area contributed by atoms with Crippen molar-refractivity contribution in [3.05, 3.63) is 33.8 Å². The van der Waals surface area contributed by atoms with Gasteiger partial charge in [0.2, 0.25) is 0 Å². The summed E-state index contributed by atoms with van der Waals surface area (Å²) in [5, 5.41) is 20.5. The van der Waals surface area contributed by atoms with Crippen LogP contribution < -0.4 is 0 Å². The van der Waals surface area contributed by atoms with Gasteiger partial charge in [0.1, 0.15) is 6.10 Å². The quantitative estimate of drug-likeness (QED) is 0.862. The molecule has 1 aliphatic carbocycles. The van der Waals surface area contributed by atoms with Crippen LogP contribution in [0.15, 0.2) is 18.2 Å². The van der Waals surface area contributed by atoms with Gasteiger partial charge >= 0.3 is 0 Å². The van der Waals surface area contributed by atoms with Crippen LogP contribution in [-0.2, 0) is 0 Å². The fraction of sp³-hybridized carbons (Fsp3) is 0.455. The van der Waals surface area contributed by atoms with E-state index in [-0.39, 0.29) is 5.92 Å². The van der Waals surface area contributed by atoms with E-state index in [1.807, 2.05) is 0 Å². The maximum absolute atomic E-state index is 9.86. The van der Waals surface area contributed by atoms with E-state index < -0.39 is 12.2 Å². The lowest BCUT2D eigenvalue weighted by Gasteiger charge is -2.17. The molecule has 2 N–H and O–H groups in total. The van der Waals surface area contributed by atoms with Gasteiger partial charge in [-0.15, -0.1) is 0 Å². The van der Waals surface area contributed by atoms with Crippen molar-refractivity contribution in [3.8, 4) is 0 Å². The van der Waals surface area contributed by atoms with Crippen molar-refractivity contribution in [2.75, 3.05) is 0 Å². The summed E-state index contributed by atoms with van der Waals surface area (Å²) in [5.74, 6) is 0.231. The highest BCUT2D eigenvalue weighted by molar-refractivity contribution is 6.42. The largest absolute Gasteiger partial charge is 0.390 e. The SMILES string of the molecule is OC(c1ccc(Cl)c(Cl)c1)C(O)C1CC1. The van der Waals surface area contributed by atoms with Crippen LogP contribution in [0.5, 0.6) is 0 Å². The minimum absolute atomic E-state index is 0.231. The van der Waals surface area contributed by atoms with Gasteiger partial charge in [0.15, 0.2) is 0 Å². The number of rotatable bonds is 3. The Balaban J connectivity index is 2.17. The van der Waals surface area contributed by atoms with Crippen LogP contribution >= 0.6 is 23.2 Å². The van der Waals surface area contributed by atoms with Gasteiger partial charge in [-0.1, -0.05) is 29.3 Å². The number of hydrogen-bond donors (Lipinski definition) is 2. The summed E-state index contributed by atoms with van der Waals surface area (Å²) in [6.07, 6.45) is 0.411. The van der Waals surface area contributed by atoms with Gasteiger partial charge < -0.3 is 10.2 Å². The first-order chi connectivity index (χ1) is 7.09. The highest BCUT2D eigenvalue weighted by atomic mass is 35.5. The molecule has 0 saturated heterocycles. The number of aliphatic hydroxyl groups excluding tert-OH is 2. The van der Waals surface area contributed by atoms with Gasteiger partial charge in [-0.25, -0.2) is 0 Å². The molecule has 1 aliphatic rings. The van der Waals surface area contributed by atoms with E-state index in [2.05, 4.69) is 0 Å². The Labute approximate surface area is 98.4 Å². The topological polar surface area (TPSA) is 40.5 Å². The van der Waals surface area contributed by atoms with Crippen LogP contribution in [-0.4, -0.2) is 16.3 Å². The zero-order valence-electron chi connectivity index (χ0n) is 8.03. The molecule has 1 fully saturated rings. The molecule has 0 aromatic heterocycles. The summed E-state index contributed by atoms with van der Waals surface area (Å²) < 4.78 is 0.